The zero-order chi connectivity index (χ0) is 13.0. The van der Waals surface area contributed by atoms with Gasteiger partial charge in [0.15, 0.2) is 0 Å². The molecule has 2 aromatic carbocycles. The Kier molecular flexibility index (Phi) is 3.88. The van der Waals surface area contributed by atoms with E-state index in [0.717, 1.165) is 24.3 Å². The quantitative estimate of drug-likeness (QED) is 0.799. The van der Waals surface area contributed by atoms with Crippen molar-refractivity contribution in [1.82, 2.24) is 0 Å². The summed E-state index contributed by atoms with van der Waals surface area (Å²) in [6, 6.07) is 14.6. The van der Waals surface area contributed by atoms with Crippen LogP contribution in [0.5, 0.6) is 0 Å². The van der Waals surface area contributed by atoms with Crippen molar-refractivity contribution >= 4 is 11.4 Å². The smallest absolute Gasteiger partial charge is 0.0579 e. The number of nitrogens with one attached hydrogen (secondary N) is 1. The van der Waals surface area contributed by atoms with Crippen LogP contribution >= 0.6 is 0 Å². The van der Waals surface area contributed by atoms with E-state index in [1.54, 1.807) is 0 Å². The van der Waals surface area contributed by atoms with Crippen molar-refractivity contribution in [2.24, 2.45) is 0 Å². The summed E-state index contributed by atoms with van der Waals surface area (Å²) in [5.74, 6) is 0. The van der Waals surface area contributed by atoms with Gasteiger partial charge in [0.1, 0.15) is 0 Å². The topological polar surface area (TPSA) is 38.0 Å². The number of aryl methyl sites for hydroxylation is 2. The summed E-state index contributed by atoms with van der Waals surface area (Å²) in [5, 5.41) is 3.42. The van der Waals surface area contributed by atoms with Crippen molar-refractivity contribution in [3.8, 4) is 0 Å². The summed E-state index contributed by atoms with van der Waals surface area (Å²) in [4.78, 5) is 0. The maximum Gasteiger partial charge on any atom is 0.0579 e. The van der Waals surface area contributed by atoms with E-state index in [2.05, 4.69) is 49.5 Å². The Morgan fingerprint density at radius 2 is 1.78 bits per heavy atom. The number of hydrogen-bond donors (Lipinski definition) is 2. The minimum atomic E-state index is 0.801. The minimum Gasteiger partial charge on any atom is -0.397 e. The van der Waals surface area contributed by atoms with Gasteiger partial charge < -0.3 is 11.1 Å². The van der Waals surface area contributed by atoms with Crippen LogP contribution < -0.4 is 11.1 Å². The van der Waals surface area contributed by atoms with Gasteiger partial charge in [-0.15, -0.1) is 0 Å². The predicted molar refractivity (Wildman–Crippen MR) is 78.7 cm³/mol. The molecule has 0 aromatic heterocycles. The molecule has 0 aliphatic heterocycles. The molecular formula is C16H20N2. The molecule has 0 aliphatic rings. The SMILES string of the molecule is CCc1ccccc1CNc1cc(C)ccc1N. The first-order valence-corrected chi connectivity index (χ1v) is 6.37. The van der Waals surface area contributed by atoms with Gasteiger partial charge in [-0.25, -0.2) is 0 Å². The summed E-state index contributed by atoms with van der Waals surface area (Å²) < 4.78 is 0. The highest BCUT2D eigenvalue weighted by molar-refractivity contribution is 5.67. The molecule has 0 unspecified atom stereocenters. The van der Waals surface area contributed by atoms with Crippen molar-refractivity contribution < 1.29 is 0 Å². The Labute approximate surface area is 109 Å². The molecule has 0 saturated carbocycles. The van der Waals surface area contributed by atoms with Gasteiger partial charge in [0.2, 0.25) is 0 Å². The maximum atomic E-state index is 5.96. The first-order valence-electron chi connectivity index (χ1n) is 6.37. The highest BCUT2D eigenvalue weighted by Crippen LogP contribution is 2.21. The summed E-state index contributed by atoms with van der Waals surface area (Å²) >= 11 is 0. The largest absolute Gasteiger partial charge is 0.397 e. The lowest BCUT2D eigenvalue weighted by atomic mass is 10.1. The molecule has 0 atom stereocenters. The van der Waals surface area contributed by atoms with E-state index in [4.69, 9.17) is 5.73 Å². The van der Waals surface area contributed by atoms with Crippen LogP contribution in [-0.4, -0.2) is 0 Å². The number of nitrogens with two attached hydrogens (primary N) is 1. The van der Waals surface area contributed by atoms with Crippen LogP contribution in [0, 0.1) is 6.92 Å². The molecule has 0 amide bonds. The molecule has 0 aliphatic carbocycles. The molecule has 0 saturated heterocycles. The zero-order valence-electron chi connectivity index (χ0n) is 11.0. The van der Waals surface area contributed by atoms with E-state index in [0.29, 0.717) is 0 Å². The molecule has 2 nitrogen and oxygen atoms in total. The summed E-state index contributed by atoms with van der Waals surface area (Å²) in [6.07, 6.45) is 1.06. The van der Waals surface area contributed by atoms with Gasteiger partial charge in [0.25, 0.3) is 0 Å². The molecule has 0 spiro atoms. The number of benzene rings is 2. The Hall–Kier alpha value is -1.96. The number of anilines is 2. The van der Waals surface area contributed by atoms with Gasteiger partial charge >= 0.3 is 0 Å². The van der Waals surface area contributed by atoms with Gasteiger partial charge in [0, 0.05) is 6.54 Å². The molecular weight excluding hydrogens is 220 g/mol. The Morgan fingerprint density at radius 3 is 2.50 bits per heavy atom. The van der Waals surface area contributed by atoms with Crippen LogP contribution in [0.1, 0.15) is 23.6 Å². The molecule has 2 heteroatoms. The molecule has 0 bridgehead atoms. The van der Waals surface area contributed by atoms with Crippen LogP contribution in [0.2, 0.25) is 0 Å². The summed E-state index contributed by atoms with van der Waals surface area (Å²) in [6.45, 7) is 5.07. The van der Waals surface area contributed by atoms with Crippen molar-refractivity contribution in [2.45, 2.75) is 26.8 Å². The number of nitrogen functional groups attached to an aromatic ring is 1. The van der Waals surface area contributed by atoms with Crippen molar-refractivity contribution in [1.29, 1.82) is 0 Å². The third-order valence-corrected chi connectivity index (χ3v) is 3.18. The normalized spacial score (nSPS) is 10.3. The van der Waals surface area contributed by atoms with Crippen molar-refractivity contribution in [2.75, 3.05) is 11.1 Å². The third kappa shape index (κ3) is 2.83. The molecule has 2 aromatic rings. The Morgan fingerprint density at radius 1 is 1.06 bits per heavy atom. The van der Waals surface area contributed by atoms with E-state index >= 15 is 0 Å². The van der Waals surface area contributed by atoms with Crippen LogP contribution in [-0.2, 0) is 13.0 Å². The fraction of sp³-hybridized carbons (Fsp3) is 0.250. The molecule has 0 heterocycles. The zero-order valence-corrected chi connectivity index (χ0v) is 11.0. The molecule has 3 N–H and O–H groups in total. The fourth-order valence-corrected chi connectivity index (χ4v) is 2.09. The van der Waals surface area contributed by atoms with Crippen LogP contribution in [0.3, 0.4) is 0 Å². The second-order valence-electron chi connectivity index (χ2n) is 4.57. The van der Waals surface area contributed by atoms with Crippen LogP contribution in [0.25, 0.3) is 0 Å². The van der Waals surface area contributed by atoms with Crippen molar-refractivity contribution in [3.05, 3.63) is 59.2 Å². The third-order valence-electron chi connectivity index (χ3n) is 3.18. The average molecular weight is 240 g/mol. The first kappa shape index (κ1) is 12.5. The van der Waals surface area contributed by atoms with Gasteiger partial charge in [-0.1, -0.05) is 37.3 Å². The van der Waals surface area contributed by atoms with E-state index in [9.17, 15) is 0 Å². The van der Waals surface area contributed by atoms with E-state index in [1.807, 2.05) is 12.1 Å². The highest BCUT2D eigenvalue weighted by atomic mass is 14.9. The lowest BCUT2D eigenvalue weighted by Gasteiger charge is -2.12. The van der Waals surface area contributed by atoms with Gasteiger partial charge in [-0.05, 0) is 42.2 Å². The molecule has 94 valence electrons. The van der Waals surface area contributed by atoms with Crippen molar-refractivity contribution in [3.63, 3.8) is 0 Å². The monoisotopic (exact) mass is 240 g/mol. The van der Waals surface area contributed by atoms with Crippen LogP contribution in [0.4, 0.5) is 11.4 Å². The van der Waals surface area contributed by atoms with E-state index < -0.39 is 0 Å². The number of hydrogen-bond acceptors (Lipinski definition) is 2. The fourth-order valence-electron chi connectivity index (χ4n) is 2.09. The second-order valence-corrected chi connectivity index (χ2v) is 4.57. The highest BCUT2D eigenvalue weighted by Gasteiger charge is 2.02. The van der Waals surface area contributed by atoms with E-state index in [-0.39, 0.29) is 0 Å². The predicted octanol–water partition coefficient (Wildman–Crippen LogP) is 3.75. The lowest BCUT2D eigenvalue weighted by Crippen LogP contribution is -2.04. The van der Waals surface area contributed by atoms with Gasteiger partial charge in [-0.2, -0.15) is 0 Å². The maximum absolute atomic E-state index is 5.96. The van der Waals surface area contributed by atoms with E-state index in [1.165, 1.54) is 16.7 Å². The van der Waals surface area contributed by atoms with Crippen LogP contribution in [0.15, 0.2) is 42.5 Å². The Bertz CT molecular complexity index is 532. The molecule has 0 radical (unpaired) electrons. The summed E-state index contributed by atoms with van der Waals surface area (Å²) in [5.41, 5.74) is 11.7. The second kappa shape index (κ2) is 5.58. The molecule has 0 fully saturated rings. The summed E-state index contributed by atoms with van der Waals surface area (Å²) in [7, 11) is 0. The Balaban J connectivity index is 2.14. The minimum absolute atomic E-state index is 0.801. The van der Waals surface area contributed by atoms with Gasteiger partial charge in [-0.3, -0.25) is 0 Å². The number of rotatable bonds is 4. The van der Waals surface area contributed by atoms with Gasteiger partial charge in [0.05, 0.1) is 11.4 Å². The standard InChI is InChI=1S/C16H20N2/c1-3-13-6-4-5-7-14(13)11-18-16-10-12(2)8-9-15(16)17/h4-10,18H,3,11,17H2,1-2H3. The first-order chi connectivity index (χ1) is 8.70. The molecule has 2 rings (SSSR count). The molecule has 18 heavy (non-hydrogen) atoms. The average Bonchev–Trinajstić information content (AvgIpc) is 2.40. The lowest BCUT2D eigenvalue weighted by molar-refractivity contribution is 1.04.